The smallest absolute Gasteiger partial charge is 0.312 e. The molecule has 226 valence electrons. The van der Waals surface area contributed by atoms with Gasteiger partial charge in [-0.15, -0.1) is 0 Å². The fraction of sp³-hybridized carbons (Fsp3) is 0.333. The van der Waals surface area contributed by atoms with Crippen molar-refractivity contribution in [1.29, 1.82) is 5.41 Å². The number of aliphatic imine (C=N–C) groups is 1. The van der Waals surface area contributed by atoms with Gasteiger partial charge in [-0.1, -0.05) is 6.42 Å². The van der Waals surface area contributed by atoms with Gasteiger partial charge in [0.15, 0.2) is 17.3 Å². The molecule has 2 aliphatic rings. The molecule has 4 N–H and O–H groups in total. The zero-order chi connectivity index (χ0) is 30.7. The number of nitrogens with zero attached hydrogens (tertiary/aromatic N) is 3. The third-order valence-corrected chi connectivity index (χ3v) is 7.38. The first kappa shape index (κ1) is 29.7. The highest BCUT2D eigenvalue weighted by atomic mass is 19.1. The molecule has 1 fully saturated rings. The molecule has 5 rings (SSSR count). The number of phenolic OH excluding ortho intramolecular Hbond substituents is 1. The predicted molar refractivity (Wildman–Crippen MR) is 152 cm³/mol. The lowest BCUT2D eigenvalue weighted by Gasteiger charge is -2.30. The van der Waals surface area contributed by atoms with Crippen LogP contribution < -0.4 is 19.9 Å². The number of nitrogens with one attached hydrogen (secondary N) is 1. The average Bonchev–Trinajstić information content (AvgIpc) is 3.43. The van der Waals surface area contributed by atoms with Crippen LogP contribution in [0.2, 0.25) is 0 Å². The molecule has 1 saturated carbocycles. The number of nitrogen functional groups attached to an aromatic ring is 1. The Morgan fingerprint density at radius 1 is 1.12 bits per heavy atom. The van der Waals surface area contributed by atoms with Crippen LogP contribution in [0.3, 0.4) is 0 Å². The number of ether oxygens (including phenoxy) is 4. The number of methoxy groups -OCH3 is 1. The fourth-order valence-electron chi connectivity index (χ4n) is 5.11. The maximum Gasteiger partial charge on any atom is 0.312 e. The minimum Gasteiger partial charge on any atom is -0.504 e. The number of nitrogens with two attached hydrogens (primary N) is 1. The van der Waals surface area contributed by atoms with Gasteiger partial charge in [-0.3, -0.25) is 20.1 Å². The van der Waals surface area contributed by atoms with Crippen molar-refractivity contribution in [3.05, 3.63) is 65.4 Å². The summed E-state index contributed by atoms with van der Waals surface area (Å²) in [4.78, 5) is 22.4. The number of phenols is 1. The number of hydrogen-bond donors (Lipinski definition) is 3. The summed E-state index contributed by atoms with van der Waals surface area (Å²) in [6.07, 6.45) is 4.66. The fourth-order valence-corrected chi connectivity index (χ4v) is 5.11. The van der Waals surface area contributed by atoms with E-state index in [0.29, 0.717) is 30.7 Å². The summed E-state index contributed by atoms with van der Waals surface area (Å²) in [6, 6.07) is 8.63. The molecule has 1 aliphatic heterocycles. The second kappa shape index (κ2) is 12.6. The van der Waals surface area contributed by atoms with E-state index < -0.39 is 41.5 Å². The summed E-state index contributed by atoms with van der Waals surface area (Å²) < 4.78 is 53.0. The van der Waals surface area contributed by atoms with Gasteiger partial charge in [0.2, 0.25) is 11.6 Å². The van der Waals surface area contributed by atoms with Gasteiger partial charge in [-0.25, -0.2) is 9.37 Å². The molecule has 3 atom stereocenters. The number of rotatable bonds is 9. The Bertz CT molecular complexity index is 1570. The number of hydrogen-bond acceptors (Lipinski definition) is 10. The third kappa shape index (κ3) is 6.36. The molecule has 2 aromatic carbocycles. The van der Waals surface area contributed by atoms with Gasteiger partial charge in [-0.05, 0) is 62.7 Å². The van der Waals surface area contributed by atoms with Gasteiger partial charge < -0.3 is 29.8 Å². The van der Waals surface area contributed by atoms with Gasteiger partial charge in [0, 0.05) is 23.9 Å². The molecule has 0 saturated heterocycles. The predicted octanol–water partition coefficient (Wildman–Crippen LogP) is 5.06. The van der Waals surface area contributed by atoms with Crippen molar-refractivity contribution in [3.8, 4) is 34.6 Å². The summed E-state index contributed by atoms with van der Waals surface area (Å²) in [5.74, 6) is -4.90. The third-order valence-electron chi connectivity index (χ3n) is 7.38. The monoisotopic (exact) mass is 595 g/mol. The van der Waals surface area contributed by atoms with Gasteiger partial charge in [0.1, 0.15) is 29.6 Å². The Hall–Kier alpha value is -4.78. The van der Waals surface area contributed by atoms with Gasteiger partial charge in [0.05, 0.1) is 19.2 Å². The lowest BCUT2D eigenvalue weighted by Crippen LogP contribution is -2.36. The molecule has 0 spiro atoms. The van der Waals surface area contributed by atoms with E-state index in [1.807, 2.05) is 11.9 Å². The summed E-state index contributed by atoms with van der Waals surface area (Å²) in [7, 11) is 3.19. The van der Waals surface area contributed by atoms with E-state index in [1.165, 1.54) is 31.4 Å². The Kier molecular flexibility index (Phi) is 8.71. The van der Waals surface area contributed by atoms with E-state index >= 15 is 4.39 Å². The van der Waals surface area contributed by atoms with Crippen LogP contribution in [0.15, 0.2) is 47.6 Å². The zero-order valence-electron chi connectivity index (χ0n) is 23.5. The lowest BCUT2D eigenvalue weighted by molar-refractivity contribution is -0.150. The van der Waals surface area contributed by atoms with Crippen molar-refractivity contribution in [2.75, 3.05) is 20.7 Å². The topological polar surface area (TPSA) is 153 Å². The molecule has 3 aromatic rings. The second-order valence-corrected chi connectivity index (χ2v) is 10.3. The van der Waals surface area contributed by atoms with Crippen LogP contribution in [0.25, 0.3) is 0 Å². The van der Waals surface area contributed by atoms with E-state index in [-0.39, 0.29) is 34.6 Å². The van der Waals surface area contributed by atoms with Crippen molar-refractivity contribution in [2.45, 2.75) is 38.0 Å². The minimum absolute atomic E-state index is 0.104. The van der Waals surface area contributed by atoms with Crippen molar-refractivity contribution in [1.82, 2.24) is 9.88 Å². The van der Waals surface area contributed by atoms with E-state index in [9.17, 15) is 14.3 Å². The molecular weight excluding hydrogens is 564 g/mol. The largest absolute Gasteiger partial charge is 0.504 e. The summed E-state index contributed by atoms with van der Waals surface area (Å²) >= 11 is 0. The van der Waals surface area contributed by atoms with Gasteiger partial charge in [-0.2, -0.15) is 4.39 Å². The minimum atomic E-state index is -1.26. The van der Waals surface area contributed by atoms with Crippen LogP contribution >= 0.6 is 0 Å². The molecule has 43 heavy (non-hydrogen) atoms. The van der Waals surface area contributed by atoms with E-state index in [2.05, 4.69) is 9.98 Å². The molecule has 11 nitrogen and oxygen atoms in total. The van der Waals surface area contributed by atoms with Crippen LogP contribution in [0.1, 0.15) is 43.0 Å². The first-order valence-electron chi connectivity index (χ1n) is 13.6. The maximum absolute atomic E-state index is 15.6. The molecular formula is C30H31F2N5O6. The van der Waals surface area contributed by atoms with Crippen molar-refractivity contribution < 1.29 is 37.6 Å². The van der Waals surface area contributed by atoms with Crippen LogP contribution in [0.5, 0.6) is 34.6 Å². The lowest BCUT2D eigenvalue weighted by atomic mass is 9.86. The number of aromatic nitrogens is 1. The number of esters is 1. The summed E-state index contributed by atoms with van der Waals surface area (Å²) in [5, 5.41) is 17.7. The number of aromatic hydroxyl groups is 1. The van der Waals surface area contributed by atoms with Crippen molar-refractivity contribution >= 4 is 18.0 Å². The second-order valence-electron chi connectivity index (χ2n) is 10.3. The summed E-state index contributed by atoms with van der Waals surface area (Å²) in [6.45, 7) is 0.543. The quantitative estimate of drug-likeness (QED) is 0.175. The number of pyridine rings is 1. The average molecular weight is 596 g/mol. The molecule has 3 unspecified atom stereocenters. The van der Waals surface area contributed by atoms with E-state index in [4.69, 9.17) is 30.1 Å². The molecule has 13 heteroatoms. The normalized spacial score (nSPS) is 20.0. The Morgan fingerprint density at radius 3 is 2.63 bits per heavy atom. The Balaban J connectivity index is 1.47. The van der Waals surface area contributed by atoms with Crippen LogP contribution in [-0.4, -0.2) is 59.8 Å². The molecule has 0 bridgehead atoms. The van der Waals surface area contributed by atoms with Crippen molar-refractivity contribution in [2.24, 2.45) is 16.6 Å². The highest BCUT2D eigenvalue weighted by Gasteiger charge is 2.34. The Morgan fingerprint density at radius 2 is 1.91 bits per heavy atom. The molecule has 0 amide bonds. The number of halogens is 2. The highest BCUT2D eigenvalue weighted by Crippen LogP contribution is 2.41. The van der Waals surface area contributed by atoms with E-state index in [1.54, 1.807) is 18.3 Å². The molecule has 1 aliphatic carbocycles. The highest BCUT2D eigenvalue weighted by molar-refractivity contribution is 5.95. The van der Waals surface area contributed by atoms with E-state index in [0.717, 1.165) is 19.0 Å². The van der Waals surface area contributed by atoms with Crippen LogP contribution in [0.4, 0.5) is 8.78 Å². The number of carbonyl (C=O) groups is 1. The Labute approximate surface area is 246 Å². The van der Waals surface area contributed by atoms with Gasteiger partial charge in [0.25, 0.3) is 5.88 Å². The van der Waals surface area contributed by atoms with Crippen LogP contribution in [-0.2, 0) is 9.53 Å². The van der Waals surface area contributed by atoms with Gasteiger partial charge >= 0.3 is 5.97 Å². The standard InChI is InChI=1S/C30H31F2N5O6/c1-37-12-11-35-28(37)19-14-17(41-22-6-4-3-5-18(22)30(39)40-2)8-10-23(19)42-26-20(31)15-36-29(25(26)32)43-24-13-16(27(33)34)7-9-21(24)38/h7-11,13-15,18,22,28,38H,3-6,12H2,1-2H3,(H3,33,34). The maximum atomic E-state index is 15.6. The van der Waals surface area contributed by atoms with Crippen LogP contribution in [0, 0.1) is 23.0 Å². The number of benzene rings is 2. The first-order chi connectivity index (χ1) is 20.7. The number of amidine groups is 1. The zero-order valence-corrected chi connectivity index (χ0v) is 23.5. The molecule has 2 heterocycles. The van der Waals surface area contributed by atoms with Crippen molar-refractivity contribution in [3.63, 3.8) is 0 Å². The SMILES string of the molecule is COC(=O)C1CCCCC1Oc1ccc(Oc2c(F)cnc(Oc3cc(C(=N)N)ccc3O)c2F)c(C2N=CCN2C)c1. The number of carbonyl (C=O) groups excluding carboxylic acids is 1. The molecule has 1 aromatic heterocycles. The summed E-state index contributed by atoms with van der Waals surface area (Å²) in [5.41, 5.74) is 6.18. The first-order valence-corrected chi connectivity index (χ1v) is 13.6. The molecule has 0 radical (unpaired) electrons.